The monoisotopic (exact) mass is 398 g/mol. The lowest BCUT2D eigenvalue weighted by Crippen LogP contribution is -2.13. The Morgan fingerprint density at radius 1 is 0.967 bits per heavy atom. The molecule has 6 nitrogen and oxygen atoms in total. The van der Waals surface area contributed by atoms with Gasteiger partial charge in [0.25, 0.3) is 5.91 Å². The molecule has 0 saturated carbocycles. The van der Waals surface area contributed by atoms with E-state index in [1.54, 1.807) is 18.2 Å². The van der Waals surface area contributed by atoms with Gasteiger partial charge in [-0.1, -0.05) is 18.2 Å². The number of anilines is 2. The van der Waals surface area contributed by atoms with Crippen molar-refractivity contribution in [3.63, 3.8) is 0 Å². The van der Waals surface area contributed by atoms with Crippen molar-refractivity contribution in [3.05, 3.63) is 83.2 Å². The lowest BCUT2D eigenvalue weighted by molar-refractivity contribution is -0.114. The highest BCUT2D eigenvalue weighted by Crippen LogP contribution is 2.24. The Bertz CT molecular complexity index is 1150. The molecule has 30 heavy (non-hydrogen) atoms. The molecule has 150 valence electrons. The smallest absolute Gasteiger partial charge is 0.266 e. The third kappa shape index (κ3) is 4.65. The van der Waals surface area contributed by atoms with Crippen LogP contribution in [0.15, 0.2) is 66.2 Å². The van der Waals surface area contributed by atoms with Crippen LogP contribution in [0, 0.1) is 25.2 Å². The molecule has 0 aliphatic heterocycles. The summed E-state index contributed by atoms with van der Waals surface area (Å²) in [5.74, 6) is -0.575. The van der Waals surface area contributed by atoms with E-state index in [0.717, 1.165) is 28.3 Å². The minimum Gasteiger partial charge on any atom is -0.326 e. The number of rotatable bonds is 5. The number of amides is 2. The molecule has 3 rings (SSSR count). The predicted octanol–water partition coefficient (Wildman–Crippen LogP) is 4.60. The molecular formula is C24H22N4O2. The zero-order valence-corrected chi connectivity index (χ0v) is 17.1. The van der Waals surface area contributed by atoms with E-state index in [-0.39, 0.29) is 11.5 Å². The summed E-state index contributed by atoms with van der Waals surface area (Å²) in [6.07, 6.45) is 1.60. The van der Waals surface area contributed by atoms with E-state index >= 15 is 0 Å². The highest BCUT2D eigenvalue weighted by molar-refractivity contribution is 6.09. The molecule has 2 amide bonds. The minimum absolute atomic E-state index is 0.0279. The Morgan fingerprint density at radius 3 is 2.20 bits per heavy atom. The highest BCUT2D eigenvalue weighted by atomic mass is 16.2. The highest BCUT2D eigenvalue weighted by Gasteiger charge is 2.14. The van der Waals surface area contributed by atoms with Crippen LogP contribution in [-0.4, -0.2) is 16.4 Å². The molecule has 0 spiro atoms. The van der Waals surface area contributed by atoms with Crippen LogP contribution < -0.4 is 10.6 Å². The van der Waals surface area contributed by atoms with Crippen molar-refractivity contribution in [2.75, 3.05) is 10.6 Å². The molecule has 0 atom stereocenters. The molecule has 0 aliphatic rings. The van der Waals surface area contributed by atoms with Gasteiger partial charge in [-0.25, -0.2) is 0 Å². The lowest BCUT2D eigenvalue weighted by atomic mass is 10.1. The van der Waals surface area contributed by atoms with Crippen molar-refractivity contribution >= 4 is 29.3 Å². The molecule has 2 aromatic carbocycles. The third-order valence-electron chi connectivity index (χ3n) is 4.61. The second-order valence-electron chi connectivity index (χ2n) is 6.88. The minimum atomic E-state index is -0.451. The summed E-state index contributed by atoms with van der Waals surface area (Å²) >= 11 is 0. The van der Waals surface area contributed by atoms with Crippen LogP contribution in [0.4, 0.5) is 11.4 Å². The summed E-state index contributed by atoms with van der Waals surface area (Å²) < 4.78 is 2.04. The Hall–Kier alpha value is -4.11. The summed E-state index contributed by atoms with van der Waals surface area (Å²) in [5.41, 5.74) is 4.96. The second-order valence-corrected chi connectivity index (χ2v) is 6.88. The summed E-state index contributed by atoms with van der Waals surface area (Å²) in [6.45, 7) is 5.36. The number of aromatic nitrogens is 1. The Balaban J connectivity index is 1.89. The first-order chi connectivity index (χ1) is 14.4. The van der Waals surface area contributed by atoms with Crippen molar-refractivity contribution in [3.8, 4) is 11.8 Å². The number of carbonyl (C=O) groups excluding carboxylic acids is 2. The molecule has 0 aliphatic carbocycles. The van der Waals surface area contributed by atoms with Crippen LogP contribution in [0.5, 0.6) is 0 Å². The Labute approximate surface area is 175 Å². The fourth-order valence-electron chi connectivity index (χ4n) is 3.25. The van der Waals surface area contributed by atoms with Crippen molar-refractivity contribution in [1.82, 2.24) is 4.57 Å². The van der Waals surface area contributed by atoms with Gasteiger partial charge in [-0.15, -0.1) is 0 Å². The number of nitrogens with zero attached hydrogens (tertiary/aromatic N) is 2. The van der Waals surface area contributed by atoms with Crippen molar-refractivity contribution < 1.29 is 9.59 Å². The molecule has 2 N–H and O–H groups in total. The largest absolute Gasteiger partial charge is 0.326 e. The van der Waals surface area contributed by atoms with Gasteiger partial charge in [-0.3, -0.25) is 9.59 Å². The molecule has 6 heteroatoms. The fourth-order valence-corrected chi connectivity index (χ4v) is 3.25. The first-order valence-electron chi connectivity index (χ1n) is 9.44. The number of hydrogen-bond donors (Lipinski definition) is 2. The van der Waals surface area contributed by atoms with Gasteiger partial charge in [0, 0.05) is 35.4 Å². The molecule has 0 saturated heterocycles. The SMILES string of the molecule is CC(=O)Nc1ccc(-n2c(C)cc(/C=C(/C#N)C(=O)Nc3ccccc3)c2C)cc1. The average Bonchev–Trinajstić information content (AvgIpc) is 3.00. The van der Waals surface area contributed by atoms with Crippen LogP contribution in [0.2, 0.25) is 0 Å². The molecule has 1 heterocycles. The van der Waals surface area contributed by atoms with Crippen LogP contribution >= 0.6 is 0 Å². The number of aryl methyl sites for hydroxylation is 1. The molecule has 3 aromatic rings. The maximum absolute atomic E-state index is 12.5. The molecule has 0 unspecified atom stereocenters. The van der Waals surface area contributed by atoms with Gasteiger partial charge >= 0.3 is 0 Å². The maximum atomic E-state index is 12.5. The molecule has 1 aromatic heterocycles. The van der Waals surface area contributed by atoms with Gasteiger partial charge < -0.3 is 15.2 Å². The average molecular weight is 398 g/mol. The number of nitrogens with one attached hydrogen (secondary N) is 2. The van der Waals surface area contributed by atoms with Gasteiger partial charge in [0.2, 0.25) is 5.91 Å². The summed E-state index contributed by atoms with van der Waals surface area (Å²) in [7, 11) is 0. The van der Waals surface area contributed by atoms with E-state index in [9.17, 15) is 14.9 Å². The van der Waals surface area contributed by atoms with Gasteiger partial charge in [0.1, 0.15) is 11.6 Å². The predicted molar refractivity (Wildman–Crippen MR) is 118 cm³/mol. The summed E-state index contributed by atoms with van der Waals surface area (Å²) in [4.78, 5) is 23.7. The first-order valence-corrected chi connectivity index (χ1v) is 9.44. The normalized spacial score (nSPS) is 10.9. The quantitative estimate of drug-likeness (QED) is 0.486. The summed E-state index contributed by atoms with van der Waals surface area (Å²) in [5, 5.41) is 15.0. The number of nitriles is 1. The van der Waals surface area contributed by atoms with Crippen LogP contribution in [0.25, 0.3) is 11.8 Å². The van der Waals surface area contributed by atoms with E-state index in [1.807, 2.05) is 73.0 Å². The van der Waals surface area contributed by atoms with Crippen molar-refractivity contribution in [1.29, 1.82) is 5.26 Å². The zero-order chi connectivity index (χ0) is 21.7. The zero-order valence-electron chi connectivity index (χ0n) is 17.1. The molecule has 0 fully saturated rings. The second kappa shape index (κ2) is 8.93. The van der Waals surface area contributed by atoms with Gasteiger partial charge in [-0.2, -0.15) is 5.26 Å². The van der Waals surface area contributed by atoms with E-state index in [0.29, 0.717) is 5.69 Å². The van der Waals surface area contributed by atoms with Gasteiger partial charge in [0.05, 0.1) is 0 Å². The Kier molecular flexibility index (Phi) is 6.14. The standard InChI is InChI=1S/C24H22N4O2/c1-16-13-19(14-20(15-25)24(30)27-21-7-5-4-6-8-21)17(2)28(16)23-11-9-22(10-12-23)26-18(3)29/h4-14H,1-3H3,(H,26,29)(H,27,30)/b20-14-. The number of para-hydroxylation sites is 1. The fraction of sp³-hybridized carbons (Fsp3) is 0.125. The topological polar surface area (TPSA) is 86.9 Å². The number of benzene rings is 2. The van der Waals surface area contributed by atoms with Crippen LogP contribution in [0.1, 0.15) is 23.9 Å². The van der Waals surface area contributed by atoms with Gasteiger partial charge in [-0.05, 0) is 68.0 Å². The first kappa shape index (κ1) is 20.6. The van der Waals surface area contributed by atoms with E-state index < -0.39 is 5.91 Å². The Morgan fingerprint density at radius 2 is 1.60 bits per heavy atom. The maximum Gasteiger partial charge on any atom is 0.266 e. The molecular weight excluding hydrogens is 376 g/mol. The third-order valence-corrected chi connectivity index (χ3v) is 4.61. The number of hydrogen-bond acceptors (Lipinski definition) is 3. The van der Waals surface area contributed by atoms with Crippen LogP contribution in [0.3, 0.4) is 0 Å². The van der Waals surface area contributed by atoms with Crippen molar-refractivity contribution in [2.24, 2.45) is 0 Å². The lowest BCUT2D eigenvalue weighted by Gasteiger charge is -2.11. The summed E-state index contributed by atoms with van der Waals surface area (Å²) in [6, 6.07) is 20.4. The van der Waals surface area contributed by atoms with E-state index in [4.69, 9.17) is 0 Å². The molecule has 0 radical (unpaired) electrons. The molecule has 0 bridgehead atoms. The number of carbonyl (C=O) groups is 2. The van der Waals surface area contributed by atoms with E-state index in [1.165, 1.54) is 6.92 Å². The van der Waals surface area contributed by atoms with Crippen LogP contribution in [-0.2, 0) is 9.59 Å². The van der Waals surface area contributed by atoms with Crippen molar-refractivity contribution in [2.45, 2.75) is 20.8 Å². The van der Waals surface area contributed by atoms with Gasteiger partial charge in [0.15, 0.2) is 0 Å². The van der Waals surface area contributed by atoms with E-state index in [2.05, 4.69) is 10.6 Å².